The lowest BCUT2D eigenvalue weighted by molar-refractivity contribution is -0.0335. The number of hydrogen-bond donors (Lipinski definition) is 0. The fourth-order valence-electron chi connectivity index (χ4n) is 2.85. The van der Waals surface area contributed by atoms with Gasteiger partial charge in [-0.05, 0) is 26.7 Å². The first-order valence-corrected chi connectivity index (χ1v) is 8.35. The van der Waals surface area contributed by atoms with Crippen LogP contribution in [0, 0.1) is 0 Å². The van der Waals surface area contributed by atoms with Crippen LogP contribution in [0.3, 0.4) is 0 Å². The van der Waals surface area contributed by atoms with Gasteiger partial charge in [0.15, 0.2) is 0 Å². The zero-order chi connectivity index (χ0) is 13.2. The maximum absolute atomic E-state index is 11.8. The van der Waals surface area contributed by atoms with Gasteiger partial charge in [-0.25, -0.2) is 12.7 Å². The predicted molar refractivity (Wildman–Crippen MR) is 69.0 cm³/mol. The van der Waals surface area contributed by atoms with Crippen LogP contribution in [-0.2, 0) is 19.5 Å². The number of hydrogen-bond acceptors (Lipinski definition) is 4. The van der Waals surface area contributed by atoms with Gasteiger partial charge in [0.25, 0.3) is 0 Å². The third kappa shape index (κ3) is 2.87. The van der Waals surface area contributed by atoms with E-state index in [1.807, 2.05) is 6.92 Å². The van der Waals surface area contributed by atoms with E-state index in [2.05, 4.69) is 0 Å². The van der Waals surface area contributed by atoms with Crippen LogP contribution >= 0.6 is 0 Å². The van der Waals surface area contributed by atoms with E-state index in [-0.39, 0.29) is 17.5 Å². The van der Waals surface area contributed by atoms with Crippen molar-refractivity contribution in [2.45, 2.75) is 44.8 Å². The Hall–Kier alpha value is -0.170. The summed E-state index contributed by atoms with van der Waals surface area (Å²) in [5, 5.41) is 0. The van der Waals surface area contributed by atoms with E-state index in [0.717, 1.165) is 19.3 Å². The number of rotatable bonds is 4. The van der Waals surface area contributed by atoms with Crippen molar-refractivity contribution in [3.8, 4) is 0 Å². The van der Waals surface area contributed by atoms with Crippen molar-refractivity contribution < 1.29 is 17.9 Å². The molecular weight excluding hydrogens is 254 g/mol. The minimum atomic E-state index is -3.04. The summed E-state index contributed by atoms with van der Waals surface area (Å²) in [6.07, 6.45) is 2.66. The van der Waals surface area contributed by atoms with Crippen molar-refractivity contribution in [3.05, 3.63) is 0 Å². The highest BCUT2D eigenvalue weighted by molar-refractivity contribution is 7.89. The van der Waals surface area contributed by atoms with Gasteiger partial charge < -0.3 is 9.47 Å². The molecule has 0 radical (unpaired) electrons. The van der Waals surface area contributed by atoms with Crippen LogP contribution in [0.1, 0.15) is 33.1 Å². The summed E-state index contributed by atoms with van der Waals surface area (Å²) in [7, 11) is -3.04. The number of nitrogens with zero attached hydrogens (tertiary/aromatic N) is 1. The van der Waals surface area contributed by atoms with Crippen molar-refractivity contribution in [1.29, 1.82) is 0 Å². The van der Waals surface area contributed by atoms with E-state index >= 15 is 0 Å². The Morgan fingerprint density at radius 2 is 2.00 bits per heavy atom. The van der Waals surface area contributed by atoms with Crippen LogP contribution in [0.25, 0.3) is 0 Å². The molecule has 1 atom stereocenters. The molecule has 106 valence electrons. The van der Waals surface area contributed by atoms with E-state index in [9.17, 15) is 8.42 Å². The van der Waals surface area contributed by atoms with Crippen molar-refractivity contribution >= 4 is 10.0 Å². The molecule has 0 aromatic heterocycles. The standard InChI is InChI=1S/C12H23NO4S/c1-3-16-11-9-12(17-10-11)5-7-13(8-6-12)18(14,15)4-2/h11H,3-10H2,1-2H3/t11-/m1/s1. The predicted octanol–water partition coefficient (Wildman–Crippen LogP) is 0.996. The summed E-state index contributed by atoms with van der Waals surface area (Å²) >= 11 is 0. The topological polar surface area (TPSA) is 55.8 Å². The molecule has 0 unspecified atom stereocenters. The van der Waals surface area contributed by atoms with Crippen molar-refractivity contribution in [3.63, 3.8) is 0 Å². The Bertz CT molecular complexity index is 374. The Morgan fingerprint density at radius 3 is 2.56 bits per heavy atom. The molecule has 0 saturated carbocycles. The number of piperidine rings is 1. The molecule has 5 nitrogen and oxygen atoms in total. The van der Waals surface area contributed by atoms with Crippen LogP contribution in [0.2, 0.25) is 0 Å². The van der Waals surface area contributed by atoms with Crippen LogP contribution < -0.4 is 0 Å². The lowest BCUT2D eigenvalue weighted by Gasteiger charge is -2.37. The summed E-state index contributed by atoms with van der Waals surface area (Å²) in [6, 6.07) is 0. The van der Waals surface area contributed by atoms with E-state index in [1.54, 1.807) is 11.2 Å². The van der Waals surface area contributed by atoms with Crippen molar-refractivity contribution in [2.75, 3.05) is 32.1 Å². The highest BCUT2D eigenvalue weighted by atomic mass is 32.2. The normalized spacial score (nSPS) is 28.9. The molecule has 0 aromatic carbocycles. The first-order chi connectivity index (χ1) is 8.51. The molecule has 0 bridgehead atoms. The van der Waals surface area contributed by atoms with E-state index < -0.39 is 10.0 Å². The summed E-state index contributed by atoms with van der Waals surface area (Å²) in [6.45, 7) is 6.19. The summed E-state index contributed by atoms with van der Waals surface area (Å²) in [4.78, 5) is 0. The minimum Gasteiger partial charge on any atom is -0.376 e. The van der Waals surface area contributed by atoms with Crippen LogP contribution in [0.4, 0.5) is 0 Å². The summed E-state index contributed by atoms with van der Waals surface area (Å²) in [5.74, 6) is 0.183. The average molecular weight is 277 g/mol. The molecule has 0 aliphatic carbocycles. The monoisotopic (exact) mass is 277 g/mol. The molecule has 2 aliphatic heterocycles. The molecule has 0 aromatic rings. The fraction of sp³-hybridized carbons (Fsp3) is 1.00. The Morgan fingerprint density at radius 1 is 1.33 bits per heavy atom. The smallest absolute Gasteiger partial charge is 0.213 e. The molecule has 2 heterocycles. The van der Waals surface area contributed by atoms with Crippen LogP contribution in [-0.4, -0.2) is 56.5 Å². The van der Waals surface area contributed by atoms with Gasteiger partial charge in [-0.3, -0.25) is 0 Å². The average Bonchev–Trinajstić information content (AvgIpc) is 2.73. The molecular formula is C12H23NO4S. The molecule has 18 heavy (non-hydrogen) atoms. The Labute approximate surface area is 109 Å². The highest BCUT2D eigenvalue weighted by Gasteiger charge is 2.44. The van der Waals surface area contributed by atoms with Crippen molar-refractivity contribution in [1.82, 2.24) is 4.31 Å². The molecule has 2 saturated heterocycles. The molecule has 0 amide bonds. The Balaban J connectivity index is 1.91. The van der Waals surface area contributed by atoms with Gasteiger partial charge in [0.1, 0.15) is 0 Å². The van der Waals surface area contributed by atoms with Gasteiger partial charge in [-0.1, -0.05) is 0 Å². The van der Waals surface area contributed by atoms with Gasteiger partial charge >= 0.3 is 0 Å². The molecule has 1 spiro atoms. The fourth-order valence-corrected chi connectivity index (χ4v) is 3.95. The van der Waals surface area contributed by atoms with Crippen LogP contribution in [0.5, 0.6) is 0 Å². The molecule has 2 rings (SSSR count). The second kappa shape index (κ2) is 5.45. The van der Waals surface area contributed by atoms with Gasteiger partial charge in [-0.15, -0.1) is 0 Å². The summed E-state index contributed by atoms with van der Waals surface area (Å²) in [5.41, 5.74) is -0.139. The zero-order valence-corrected chi connectivity index (χ0v) is 12.0. The molecule has 2 fully saturated rings. The van der Waals surface area contributed by atoms with Gasteiger partial charge in [-0.2, -0.15) is 0 Å². The van der Waals surface area contributed by atoms with Crippen molar-refractivity contribution in [2.24, 2.45) is 0 Å². The second-order valence-electron chi connectivity index (χ2n) is 5.08. The van der Waals surface area contributed by atoms with E-state index in [1.165, 1.54) is 0 Å². The van der Waals surface area contributed by atoms with Gasteiger partial charge in [0.2, 0.25) is 10.0 Å². The number of ether oxygens (including phenoxy) is 2. The third-order valence-corrected chi connectivity index (χ3v) is 5.85. The van der Waals surface area contributed by atoms with E-state index in [4.69, 9.17) is 9.47 Å². The maximum atomic E-state index is 11.8. The minimum absolute atomic E-state index is 0.139. The van der Waals surface area contributed by atoms with Gasteiger partial charge in [0.05, 0.1) is 24.1 Å². The first-order valence-electron chi connectivity index (χ1n) is 6.75. The lowest BCUT2D eigenvalue weighted by Crippen LogP contribution is -2.47. The SMILES string of the molecule is CCO[C@H]1COC2(CCN(S(=O)(=O)CC)CC2)C1. The quantitative estimate of drug-likeness (QED) is 0.769. The molecule has 0 N–H and O–H groups in total. The molecule has 2 aliphatic rings. The zero-order valence-electron chi connectivity index (χ0n) is 11.2. The van der Waals surface area contributed by atoms with Crippen LogP contribution in [0.15, 0.2) is 0 Å². The highest BCUT2D eigenvalue weighted by Crippen LogP contribution is 2.37. The lowest BCUT2D eigenvalue weighted by atomic mass is 9.89. The van der Waals surface area contributed by atoms with E-state index in [0.29, 0.717) is 26.3 Å². The largest absolute Gasteiger partial charge is 0.376 e. The maximum Gasteiger partial charge on any atom is 0.213 e. The first kappa shape index (κ1) is 14.2. The third-order valence-electron chi connectivity index (χ3n) is 3.97. The summed E-state index contributed by atoms with van der Waals surface area (Å²) < 4.78 is 36.6. The Kier molecular flexibility index (Phi) is 4.31. The van der Waals surface area contributed by atoms with Gasteiger partial charge in [0, 0.05) is 26.1 Å². The second-order valence-corrected chi connectivity index (χ2v) is 7.33. The number of sulfonamides is 1. The molecule has 6 heteroatoms.